The zero-order chi connectivity index (χ0) is 12.5. The fourth-order valence-corrected chi connectivity index (χ4v) is 2.34. The molecule has 0 saturated heterocycles. The lowest BCUT2D eigenvalue weighted by molar-refractivity contribution is -0.148. The number of aliphatic hydroxyl groups is 1. The van der Waals surface area contributed by atoms with Crippen molar-refractivity contribution in [3.63, 3.8) is 0 Å². The van der Waals surface area contributed by atoms with E-state index in [0.29, 0.717) is 5.56 Å². The molecular weight excluding hydrogens is 226 g/mol. The molecule has 0 spiro atoms. The molecule has 0 bridgehead atoms. The molecule has 0 aliphatic heterocycles. The number of ether oxygens (including phenoxy) is 1. The topological polar surface area (TPSA) is 29.5 Å². The van der Waals surface area contributed by atoms with Crippen LogP contribution in [0.4, 0.5) is 8.78 Å². The van der Waals surface area contributed by atoms with Gasteiger partial charge >= 0.3 is 0 Å². The number of halogens is 2. The van der Waals surface area contributed by atoms with Gasteiger partial charge in [-0.3, -0.25) is 0 Å². The Morgan fingerprint density at radius 3 is 2.29 bits per heavy atom. The van der Waals surface area contributed by atoms with Gasteiger partial charge in [0.15, 0.2) is 0 Å². The Bertz CT molecular complexity index is 377. The Balaban J connectivity index is 2.09. The van der Waals surface area contributed by atoms with Crippen LogP contribution >= 0.6 is 0 Å². The number of rotatable bonds is 4. The zero-order valence-electron chi connectivity index (χ0n) is 9.75. The van der Waals surface area contributed by atoms with E-state index in [0.717, 1.165) is 25.3 Å². The van der Waals surface area contributed by atoms with E-state index < -0.39 is 23.3 Å². The first-order valence-electron chi connectivity index (χ1n) is 5.74. The average molecular weight is 242 g/mol. The van der Waals surface area contributed by atoms with Crippen molar-refractivity contribution in [2.24, 2.45) is 0 Å². The number of methoxy groups -OCH3 is 1. The highest BCUT2D eigenvalue weighted by molar-refractivity contribution is 5.19. The molecular formula is C13H16F2O2. The largest absolute Gasteiger partial charge is 0.390 e. The summed E-state index contributed by atoms with van der Waals surface area (Å²) in [4.78, 5) is 0. The summed E-state index contributed by atoms with van der Waals surface area (Å²) in [5.74, 6) is -1.24. The summed E-state index contributed by atoms with van der Waals surface area (Å²) in [6.45, 7) is 0. The minimum Gasteiger partial charge on any atom is -0.390 e. The van der Waals surface area contributed by atoms with Crippen molar-refractivity contribution in [2.75, 3.05) is 7.11 Å². The van der Waals surface area contributed by atoms with Crippen molar-refractivity contribution < 1.29 is 18.6 Å². The number of benzene rings is 1. The minimum atomic E-state index is -0.720. The molecule has 0 amide bonds. The van der Waals surface area contributed by atoms with E-state index in [1.165, 1.54) is 12.1 Å². The predicted octanol–water partition coefficient (Wildman–Crippen LogP) is 2.44. The van der Waals surface area contributed by atoms with E-state index >= 15 is 0 Å². The lowest BCUT2D eigenvalue weighted by atomic mass is 9.74. The van der Waals surface area contributed by atoms with Crippen LogP contribution in [0.1, 0.15) is 24.8 Å². The number of aliphatic hydroxyl groups excluding tert-OH is 1. The molecule has 1 unspecified atom stereocenters. The van der Waals surface area contributed by atoms with Gasteiger partial charge in [0.2, 0.25) is 0 Å². The molecule has 2 rings (SSSR count). The van der Waals surface area contributed by atoms with Gasteiger partial charge in [-0.05, 0) is 37.0 Å². The zero-order valence-corrected chi connectivity index (χ0v) is 9.75. The van der Waals surface area contributed by atoms with Crippen molar-refractivity contribution in [1.29, 1.82) is 0 Å². The number of hydrogen-bond acceptors (Lipinski definition) is 2. The SMILES string of the molecule is COC1(C(O)Cc2cc(F)cc(F)c2)CCC1. The van der Waals surface area contributed by atoms with Crippen LogP contribution in [-0.2, 0) is 11.2 Å². The first-order chi connectivity index (χ1) is 8.05. The summed E-state index contributed by atoms with van der Waals surface area (Å²) in [7, 11) is 1.56. The molecule has 0 radical (unpaired) electrons. The van der Waals surface area contributed by atoms with Crippen molar-refractivity contribution >= 4 is 0 Å². The third-order valence-electron chi connectivity index (χ3n) is 3.57. The Kier molecular flexibility index (Phi) is 3.45. The normalized spacial score (nSPS) is 19.8. The van der Waals surface area contributed by atoms with E-state index in [2.05, 4.69) is 0 Å². The Labute approximate surface area is 99.2 Å². The standard InChI is InChI=1S/C13H16F2O2/c1-17-13(3-2-4-13)12(16)7-9-5-10(14)8-11(15)6-9/h5-6,8,12,16H,2-4,7H2,1H3. The summed E-state index contributed by atoms with van der Waals surface area (Å²) < 4.78 is 31.3. The van der Waals surface area contributed by atoms with Gasteiger partial charge in [0.05, 0.1) is 11.7 Å². The maximum Gasteiger partial charge on any atom is 0.126 e. The molecule has 1 aliphatic rings. The van der Waals surface area contributed by atoms with Crippen molar-refractivity contribution in [1.82, 2.24) is 0 Å². The van der Waals surface area contributed by atoms with E-state index in [-0.39, 0.29) is 6.42 Å². The summed E-state index contributed by atoms with van der Waals surface area (Å²) in [5, 5.41) is 10.1. The van der Waals surface area contributed by atoms with E-state index in [1.54, 1.807) is 7.11 Å². The summed E-state index contributed by atoms with van der Waals surface area (Å²) in [5.41, 5.74) is -0.0682. The molecule has 0 aromatic heterocycles. The summed E-state index contributed by atoms with van der Waals surface area (Å²) >= 11 is 0. The fraction of sp³-hybridized carbons (Fsp3) is 0.538. The smallest absolute Gasteiger partial charge is 0.126 e. The molecule has 1 atom stereocenters. The molecule has 17 heavy (non-hydrogen) atoms. The predicted molar refractivity (Wildman–Crippen MR) is 59.7 cm³/mol. The molecule has 0 heterocycles. The average Bonchev–Trinajstić information content (AvgIpc) is 2.14. The summed E-state index contributed by atoms with van der Waals surface area (Å²) in [6.07, 6.45) is 2.10. The van der Waals surface area contributed by atoms with Crippen molar-refractivity contribution in [2.45, 2.75) is 37.4 Å². The second-order valence-corrected chi connectivity index (χ2v) is 4.62. The first kappa shape index (κ1) is 12.5. The quantitative estimate of drug-likeness (QED) is 0.878. The van der Waals surface area contributed by atoms with Crippen LogP contribution in [0.15, 0.2) is 18.2 Å². The van der Waals surface area contributed by atoms with Crippen LogP contribution in [-0.4, -0.2) is 23.9 Å². The van der Waals surface area contributed by atoms with Gasteiger partial charge in [0.25, 0.3) is 0 Å². The van der Waals surface area contributed by atoms with E-state index in [1.807, 2.05) is 0 Å². The second kappa shape index (κ2) is 4.70. The van der Waals surface area contributed by atoms with Gasteiger partial charge in [-0.1, -0.05) is 0 Å². The van der Waals surface area contributed by atoms with Gasteiger partial charge in [0.1, 0.15) is 11.6 Å². The lowest BCUT2D eigenvalue weighted by Gasteiger charge is -2.44. The molecule has 4 heteroatoms. The van der Waals surface area contributed by atoms with Crippen LogP contribution in [0.2, 0.25) is 0 Å². The van der Waals surface area contributed by atoms with Crippen LogP contribution in [0, 0.1) is 11.6 Å². The monoisotopic (exact) mass is 242 g/mol. The number of hydrogen-bond donors (Lipinski definition) is 1. The van der Waals surface area contributed by atoms with Crippen LogP contribution in [0.3, 0.4) is 0 Å². The van der Waals surface area contributed by atoms with Crippen LogP contribution in [0.5, 0.6) is 0 Å². The first-order valence-corrected chi connectivity index (χ1v) is 5.74. The van der Waals surface area contributed by atoms with Gasteiger partial charge in [-0.15, -0.1) is 0 Å². The molecule has 1 aliphatic carbocycles. The maximum atomic E-state index is 13.0. The van der Waals surface area contributed by atoms with Gasteiger partial charge in [-0.2, -0.15) is 0 Å². The van der Waals surface area contributed by atoms with Gasteiger partial charge in [-0.25, -0.2) is 8.78 Å². The third-order valence-corrected chi connectivity index (χ3v) is 3.57. The maximum absolute atomic E-state index is 13.0. The minimum absolute atomic E-state index is 0.211. The van der Waals surface area contributed by atoms with Gasteiger partial charge < -0.3 is 9.84 Å². The molecule has 1 fully saturated rings. The molecule has 1 aromatic carbocycles. The summed E-state index contributed by atoms with van der Waals surface area (Å²) in [6, 6.07) is 3.31. The van der Waals surface area contributed by atoms with Crippen LogP contribution in [0.25, 0.3) is 0 Å². The molecule has 1 aromatic rings. The van der Waals surface area contributed by atoms with Gasteiger partial charge in [0, 0.05) is 19.6 Å². The van der Waals surface area contributed by atoms with Crippen molar-refractivity contribution in [3.05, 3.63) is 35.4 Å². The van der Waals surface area contributed by atoms with Crippen molar-refractivity contribution in [3.8, 4) is 0 Å². The fourth-order valence-electron chi connectivity index (χ4n) is 2.34. The third kappa shape index (κ3) is 2.48. The molecule has 1 N–H and O–H groups in total. The highest BCUT2D eigenvalue weighted by Crippen LogP contribution is 2.39. The molecule has 94 valence electrons. The molecule has 2 nitrogen and oxygen atoms in total. The highest BCUT2D eigenvalue weighted by Gasteiger charge is 2.43. The van der Waals surface area contributed by atoms with Crippen LogP contribution < -0.4 is 0 Å². The highest BCUT2D eigenvalue weighted by atomic mass is 19.1. The Morgan fingerprint density at radius 2 is 1.88 bits per heavy atom. The van der Waals surface area contributed by atoms with E-state index in [9.17, 15) is 13.9 Å². The lowest BCUT2D eigenvalue weighted by Crippen LogP contribution is -2.50. The van der Waals surface area contributed by atoms with E-state index in [4.69, 9.17) is 4.74 Å². The Hall–Kier alpha value is -1.00. The Morgan fingerprint density at radius 1 is 1.29 bits per heavy atom. The second-order valence-electron chi connectivity index (χ2n) is 4.62. The molecule has 1 saturated carbocycles.